The molecule has 1 saturated heterocycles. The van der Waals surface area contributed by atoms with Gasteiger partial charge >= 0.3 is 0 Å². The van der Waals surface area contributed by atoms with Crippen molar-refractivity contribution < 1.29 is 26.4 Å². The number of nitrogens with zero attached hydrogens (tertiary/aromatic N) is 1. The summed E-state index contributed by atoms with van der Waals surface area (Å²) >= 11 is 11.9. The number of methoxy groups -OCH3 is 1. The number of ether oxygens (including phenoxy) is 1. The number of sulfonamides is 2. The summed E-state index contributed by atoms with van der Waals surface area (Å²) in [5.41, 5.74) is 0.474. The Hall–Kier alpha value is -2.99. The molecule has 13 heteroatoms. The van der Waals surface area contributed by atoms with Crippen molar-refractivity contribution in [1.29, 1.82) is 0 Å². The van der Waals surface area contributed by atoms with Gasteiger partial charge in [-0.15, -0.1) is 0 Å². The first-order chi connectivity index (χ1) is 18.0. The summed E-state index contributed by atoms with van der Waals surface area (Å²) in [6.07, 6.45) is 2.83. The zero-order chi connectivity index (χ0) is 27.5. The highest BCUT2D eigenvalue weighted by Crippen LogP contribution is 2.28. The highest BCUT2D eigenvalue weighted by molar-refractivity contribution is 7.93. The van der Waals surface area contributed by atoms with Gasteiger partial charge in [0.05, 0.1) is 28.2 Å². The second kappa shape index (κ2) is 11.4. The number of hydrogen-bond acceptors (Lipinski definition) is 6. The highest BCUT2D eigenvalue weighted by Gasteiger charge is 2.25. The molecule has 1 heterocycles. The first-order valence-electron chi connectivity index (χ1n) is 11.6. The van der Waals surface area contributed by atoms with E-state index in [1.807, 2.05) is 0 Å². The van der Waals surface area contributed by atoms with Crippen LogP contribution in [0.1, 0.15) is 29.6 Å². The molecule has 0 radical (unpaired) electrons. The fourth-order valence-electron chi connectivity index (χ4n) is 4.03. The molecule has 38 heavy (non-hydrogen) atoms. The highest BCUT2D eigenvalue weighted by atomic mass is 35.5. The third-order valence-electron chi connectivity index (χ3n) is 5.89. The molecule has 1 fully saturated rings. The number of likely N-dealkylation sites (tertiary alicyclic amines) is 1. The lowest BCUT2D eigenvalue weighted by atomic mass is 10.1. The summed E-state index contributed by atoms with van der Waals surface area (Å²) in [5.74, 6) is -0.00998. The van der Waals surface area contributed by atoms with Crippen molar-refractivity contribution in [2.45, 2.75) is 29.1 Å². The number of amides is 1. The molecule has 1 aliphatic heterocycles. The third kappa shape index (κ3) is 6.52. The smallest absolute Gasteiger partial charge is 0.261 e. The Kier molecular flexibility index (Phi) is 8.41. The van der Waals surface area contributed by atoms with Gasteiger partial charge in [0.15, 0.2) is 0 Å². The minimum absolute atomic E-state index is 0.101. The number of carbonyl (C=O) groups is 1. The Morgan fingerprint density at radius 1 is 0.763 bits per heavy atom. The maximum absolute atomic E-state index is 13.1. The fraction of sp³-hybridized carbons (Fsp3) is 0.240. The first-order valence-corrected chi connectivity index (χ1v) is 15.3. The van der Waals surface area contributed by atoms with Gasteiger partial charge in [-0.2, -0.15) is 0 Å². The summed E-state index contributed by atoms with van der Waals surface area (Å²) < 4.78 is 61.8. The van der Waals surface area contributed by atoms with Crippen molar-refractivity contribution >= 4 is 60.5 Å². The van der Waals surface area contributed by atoms with E-state index in [1.165, 1.54) is 67.8 Å². The maximum atomic E-state index is 13.1. The standard InChI is InChI=1S/C25H25Cl2N3O6S2/c1-36-24-10-9-22(16-23(24)25(31)30-11-3-2-4-12-30)38(34,35)28-19-5-7-21(8-6-19)37(32,33)29-20-14-17(26)13-18(27)15-20/h5-10,13-16,28-29H,2-4,11-12H2,1H3. The summed E-state index contributed by atoms with van der Waals surface area (Å²) in [5, 5.41) is 0.526. The van der Waals surface area contributed by atoms with Crippen LogP contribution in [0.3, 0.4) is 0 Å². The van der Waals surface area contributed by atoms with Gasteiger partial charge in [-0.05, 0) is 79.9 Å². The Morgan fingerprint density at radius 2 is 1.32 bits per heavy atom. The van der Waals surface area contributed by atoms with Crippen molar-refractivity contribution in [3.05, 3.63) is 76.3 Å². The van der Waals surface area contributed by atoms with E-state index < -0.39 is 20.0 Å². The average Bonchev–Trinajstić information content (AvgIpc) is 2.87. The molecule has 3 aromatic carbocycles. The van der Waals surface area contributed by atoms with Crippen LogP contribution in [0.4, 0.5) is 11.4 Å². The van der Waals surface area contributed by atoms with Crippen LogP contribution in [0.15, 0.2) is 70.5 Å². The molecule has 1 aliphatic rings. The quantitative estimate of drug-likeness (QED) is 0.366. The Balaban J connectivity index is 1.53. The fourth-order valence-corrected chi connectivity index (χ4v) is 6.68. The minimum atomic E-state index is -4.10. The van der Waals surface area contributed by atoms with Gasteiger partial charge in [-0.3, -0.25) is 14.2 Å². The van der Waals surface area contributed by atoms with Crippen molar-refractivity contribution in [2.75, 3.05) is 29.6 Å². The van der Waals surface area contributed by atoms with E-state index in [1.54, 1.807) is 4.90 Å². The maximum Gasteiger partial charge on any atom is 0.261 e. The first kappa shape index (κ1) is 28.0. The Labute approximate surface area is 231 Å². The van der Waals surface area contributed by atoms with Gasteiger partial charge in [0, 0.05) is 28.8 Å². The summed E-state index contributed by atoms with van der Waals surface area (Å²) in [7, 11) is -6.68. The van der Waals surface area contributed by atoms with Crippen molar-refractivity contribution in [2.24, 2.45) is 0 Å². The van der Waals surface area contributed by atoms with Crippen LogP contribution in [0.25, 0.3) is 0 Å². The summed E-state index contributed by atoms with van der Waals surface area (Å²) in [6.45, 7) is 1.21. The van der Waals surface area contributed by atoms with E-state index in [0.29, 0.717) is 13.1 Å². The van der Waals surface area contributed by atoms with Crippen molar-refractivity contribution in [3.8, 4) is 5.75 Å². The number of carbonyl (C=O) groups excluding carboxylic acids is 1. The summed E-state index contributed by atoms with van der Waals surface area (Å²) in [6, 6.07) is 13.5. The zero-order valence-corrected chi connectivity index (χ0v) is 23.4. The van der Waals surface area contributed by atoms with Gasteiger partial charge in [-0.25, -0.2) is 16.8 Å². The predicted molar refractivity (Wildman–Crippen MR) is 147 cm³/mol. The van der Waals surface area contributed by atoms with Crippen LogP contribution in [0, 0.1) is 0 Å². The number of anilines is 2. The van der Waals surface area contributed by atoms with E-state index in [0.717, 1.165) is 19.3 Å². The molecular formula is C25H25Cl2N3O6S2. The molecule has 3 aromatic rings. The van der Waals surface area contributed by atoms with Crippen LogP contribution in [-0.2, 0) is 20.0 Å². The largest absolute Gasteiger partial charge is 0.496 e. The lowest BCUT2D eigenvalue weighted by molar-refractivity contribution is 0.0720. The van der Waals surface area contributed by atoms with Gasteiger partial charge < -0.3 is 9.64 Å². The monoisotopic (exact) mass is 597 g/mol. The van der Waals surface area contributed by atoms with E-state index in [9.17, 15) is 21.6 Å². The Bertz CT molecular complexity index is 1540. The van der Waals surface area contributed by atoms with E-state index in [2.05, 4.69) is 9.44 Å². The van der Waals surface area contributed by atoms with Crippen LogP contribution in [0.5, 0.6) is 5.75 Å². The lowest BCUT2D eigenvalue weighted by Crippen LogP contribution is -2.35. The predicted octanol–water partition coefficient (Wildman–Crippen LogP) is 5.23. The second-order valence-electron chi connectivity index (χ2n) is 8.61. The normalized spacial score (nSPS) is 14.1. The van der Waals surface area contributed by atoms with Crippen LogP contribution < -0.4 is 14.2 Å². The number of halogens is 2. The van der Waals surface area contributed by atoms with Gasteiger partial charge in [0.2, 0.25) is 0 Å². The molecule has 0 aromatic heterocycles. The Morgan fingerprint density at radius 3 is 1.92 bits per heavy atom. The molecule has 0 saturated carbocycles. The van der Waals surface area contributed by atoms with Crippen molar-refractivity contribution in [1.82, 2.24) is 4.90 Å². The summed E-state index contributed by atoms with van der Waals surface area (Å²) in [4.78, 5) is 14.5. The van der Waals surface area contributed by atoms with E-state index in [-0.39, 0.29) is 48.4 Å². The minimum Gasteiger partial charge on any atom is -0.496 e. The van der Waals surface area contributed by atoms with E-state index in [4.69, 9.17) is 27.9 Å². The van der Waals surface area contributed by atoms with Gasteiger partial charge in [0.1, 0.15) is 5.75 Å². The molecule has 202 valence electrons. The molecule has 0 spiro atoms. The molecule has 1 amide bonds. The molecule has 9 nitrogen and oxygen atoms in total. The molecule has 0 atom stereocenters. The van der Waals surface area contributed by atoms with Crippen LogP contribution >= 0.6 is 23.2 Å². The molecule has 0 unspecified atom stereocenters. The number of hydrogen-bond donors (Lipinski definition) is 2. The molecule has 0 bridgehead atoms. The average molecular weight is 599 g/mol. The van der Waals surface area contributed by atoms with Crippen molar-refractivity contribution in [3.63, 3.8) is 0 Å². The SMILES string of the molecule is COc1ccc(S(=O)(=O)Nc2ccc(S(=O)(=O)Nc3cc(Cl)cc(Cl)c3)cc2)cc1C(=O)N1CCCCC1. The lowest BCUT2D eigenvalue weighted by Gasteiger charge is -2.27. The van der Waals surface area contributed by atoms with E-state index >= 15 is 0 Å². The zero-order valence-electron chi connectivity index (χ0n) is 20.3. The van der Waals surface area contributed by atoms with Gasteiger partial charge in [-0.1, -0.05) is 23.2 Å². The molecule has 0 aliphatic carbocycles. The topological polar surface area (TPSA) is 122 Å². The molecule has 2 N–H and O–H groups in total. The number of nitrogens with one attached hydrogen (secondary N) is 2. The second-order valence-corrected chi connectivity index (χ2v) is 12.8. The number of piperidine rings is 1. The number of benzene rings is 3. The number of rotatable bonds is 8. The van der Waals surface area contributed by atoms with Crippen LogP contribution in [0.2, 0.25) is 10.0 Å². The van der Waals surface area contributed by atoms with Crippen LogP contribution in [-0.4, -0.2) is 47.8 Å². The molecule has 4 rings (SSSR count). The van der Waals surface area contributed by atoms with Gasteiger partial charge in [0.25, 0.3) is 26.0 Å². The third-order valence-corrected chi connectivity index (χ3v) is 9.10. The molecular weight excluding hydrogens is 573 g/mol.